The van der Waals surface area contributed by atoms with Crippen LogP contribution >= 0.6 is 23.2 Å². The van der Waals surface area contributed by atoms with Crippen molar-refractivity contribution in [3.8, 4) is 16.9 Å². The molecule has 5 rings (SSSR count). The summed E-state index contributed by atoms with van der Waals surface area (Å²) in [5.74, 6) is -0.432. The van der Waals surface area contributed by atoms with Crippen molar-refractivity contribution < 1.29 is 4.79 Å². The molecule has 172 valence electrons. The minimum atomic E-state index is -0.432. The summed E-state index contributed by atoms with van der Waals surface area (Å²) in [6.07, 6.45) is 1.47. The molecule has 0 unspecified atom stereocenters. The fourth-order valence-electron chi connectivity index (χ4n) is 3.84. The first-order chi connectivity index (χ1) is 17.0. The summed E-state index contributed by atoms with van der Waals surface area (Å²) in [7, 11) is 0. The molecule has 5 nitrogen and oxygen atoms in total. The molecule has 1 aromatic heterocycles. The number of fused-ring (bicyclic) bond motifs is 1. The minimum absolute atomic E-state index is 0.243. The van der Waals surface area contributed by atoms with Crippen LogP contribution in [0.15, 0.2) is 96.1 Å². The van der Waals surface area contributed by atoms with Gasteiger partial charge in [0, 0.05) is 16.1 Å². The molecule has 0 aliphatic rings. The van der Waals surface area contributed by atoms with Crippen LogP contribution in [0, 0.1) is 6.92 Å². The van der Waals surface area contributed by atoms with Crippen molar-refractivity contribution >= 4 is 46.1 Å². The molecular formula is C28H20Cl2N4O. The van der Waals surface area contributed by atoms with Crippen molar-refractivity contribution in [2.45, 2.75) is 6.92 Å². The second kappa shape index (κ2) is 9.74. The molecule has 7 heteroatoms. The predicted molar refractivity (Wildman–Crippen MR) is 143 cm³/mol. The lowest BCUT2D eigenvalue weighted by molar-refractivity contribution is 0.0949. The van der Waals surface area contributed by atoms with E-state index in [-0.39, 0.29) is 5.69 Å². The first-order valence-corrected chi connectivity index (χ1v) is 11.7. The summed E-state index contributed by atoms with van der Waals surface area (Å²) < 4.78 is 1.79. The van der Waals surface area contributed by atoms with Crippen LogP contribution in [0.5, 0.6) is 0 Å². The second-order valence-electron chi connectivity index (χ2n) is 8.05. The van der Waals surface area contributed by atoms with Gasteiger partial charge in [0.2, 0.25) is 0 Å². The maximum absolute atomic E-state index is 13.0. The van der Waals surface area contributed by atoms with Crippen molar-refractivity contribution in [2.75, 3.05) is 0 Å². The predicted octanol–water partition coefficient (Wildman–Crippen LogP) is 7.07. The van der Waals surface area contributed by atoms with Crippen molar-refractivity contribution in [3.05, 3.63) is 118 Å². The molecule has 0 aliphatic carbocycles. The summed E-state index contributed by atoms with van der Waals surface area (Å²) >= 11 is 12.1. The number of halogens is 2. The molecule has 0 radical (unpaired) electrons. The fourth-order valence-corrected chi connectivity index (χ4v) is 4.30. The molecule has 5 aromatic rings. The topological polar surface area (TPSA) is 59.3 Å². The van der Waals surface area contributed by atoms with Gasteiger partial charge in [-0.25, -0.2) is 10.1 Å². The van der Waals surface area contributed by atoms with Crippen LogP contribution in [0.25, 0.3) is 27.7 Å². The Morgan fingerprint density at radius 3 is 2.51 bits per heavy atom. The lowest BCUT2D eigenvalue weighted by Gasteiger charge is -2.10. The van der Waals surface area contributed by atoms with E-state index in [1.165, 1.54) is 6.21 Å². The fraction of sp³-hybridized carbons (Fsp3) is 0.0357. The van der Waals surface area contributed by atoms with Crippen molar-refractivity contribution in [3.63, 3.8) is 0 Å². The highest BCUT2D eigenvalue weighted by Crippen LogP contribution is 2.31. The molecule has 0 atom stereocenters. The molecule has 0 fully saturated rings. The molecule has 1 heterocycles. The molecule has 35 heavy (non-hydrogen) atoms. The smallest absolute Gasteiger partial charge is 0.265 e. The molecule has 0 bridgehead atoms. The number of carbonyl (C=O) groups excluding carboxylic acids is 1. The summed E-state index contributed by atoms with van der Waals surface area (Å²) in [4.78, 5) is 13.0. The Kier molecular flexibility index (Phi) is 6.36. The number of benzene rings is 4. The van der Waals surface area contributed by atoms with E-state index in [1.54, 1.807) is 28.9 Å². The number of nitrogens with zero attached hydrogens (tertiary/aromatic N) is 3. The van der Waals surface area contributed by atoms with Crippen LogP contribution in [-0.4, -0.2) is 21.9 Å². The number of nitrogens with one attached hydrogen (secondary N) is 1. The zero-order chi connectivity index (χ0) is 24.4. The zero-order valence-corrected chi connectivity index (χ0v) is 20.3. The quantitative estimate of drug-likeness (QED) is 0.208. The Morgan fingerprint density at radius 2 is 1.71 bits per heavy atom. The molecule has 0 saturated carbocycles. The number of amides is 1. The highest BCUT2D eigenvalue weighted by molar-refractivity contribution is 6.36. The van der Waals surface area contributed by atoms with Gasteiger partial charge in [0.25, 0.3) is 5.91 Å². The number of hydrazone groups is 1. The number of aromatic nitrogens is 2. The summed E-state index contributed by atoms with van der Waals surface area (Å²) in [5, 5.41) is 11.8. The van der Waals surface area contributed by atoms with Crippen LogP contribution in [0.1, 0.15) is 21.6 Å². The SMILES string of the molecule is Cc1ccc(-n2nc(C(=O)N/N=C\c3ccc(Cl)cc3Cl)cc2-c2cccc3ccccc23)cc1. The van der Waals surface area contributed by atoms with Gasteiger partial charge in [-0.15, -0.1) is 0 Å². The van der Waals surface area contributed by atoms with Gasteiger partial charge in [0.1, 0.15) is 0 Å². The monoisotopic (exact) mass is 498 g/mol. The molecular weight excluding hydrogens is 479 g/mol. The Labute approximate surface area is 212 Å². The Hall–Kier alpha value is -3.93. The van der Waals surface area contributed by atoms with Gasteiger partial charge < -0.3 is 0 Å². The first-order valence-electron chi connectivity index (χ1n) is 10.9. The number of hydrogen-bond acceptors (Lipinski definition) is 3. The Bertz CT molecular complexity index is 1570. The molecule has 1 N–H and O–H groups in total. The standard InChI is InChI=1S/C28H20Cl2N4O/c1-18-9-13-22(14-10-18)34-27(24-8-4-6-19-5-2-3-7-23(19)24)16-26(33-34)28(35)32-31-17-20-11-12-21(29)15-25(20)30/h2-17H,1H3,(H,32,35)/b31-17-. The van der Waals surface area contributed by atoms with Crippen LogP contribution in [0.4, 0.5) is 0 Å². The van der Waals surface area contributed by atoms with Gasteiger partial charge >= 0.3 is 0 Å². The normalized spacial score (nSPS) is 11.3. The van der Waals surface area contributed by atoms with E-state index in [0.29, 0.717) is 15.6 Å². The van der Waals surface area contributed by atoms with E-state index in [0.717, 1.165) is 33.3 Å². The van der Waals surface area contributed by atoms with Crippen LogP contribution in [0.3, 0.4) is 0 Å². The van der Waals surface area contributed by atoms with Crippen molar-refractivity contribution in [1.29, 1.82) is 0 Å². The highest BCUT2D eigenvalue weighted by atomic mass is 35.5. The largest absolute Gasteiger partial charge is 0.291 e. The minimum Gasteiger partial charge on any atom is -0.265 e. The van der Waals surface area contributed by atoms with E-state index in [4.69, 9.17) is 23.2 Å². The molecule has 1 amide bonds. The Morgan fingerprint density at radius 1 is 0.943 bits per heavy atom. The first kappa shape index (κ1) is 22.8. The second-order valence-corrected chi connectivity index (χ2v) is 8.90. The third-order valence-corrected chi connectivity index (χ3v) is 6.18. The van der Waals surface area contributed by atoms with Gasteiger partial charge in [-0.1, -0.05) is 89.4 Å². The maximum atomic E-state index is 13.0. The average Bonchev–Trinajstić information content (AvgIpc) is 3.31. The summed E-state index contributed by atoms with van der Waals surface area (Å²) in [6, 6.07) is 29.1. The maximum Gasteiger partial charge on any atom is 0.291 e. The van der Waals surface area contributed by atoms with Gasteiger partial charge in [-0.05, 0) is 48.0 Å². The number of carbonyl (C=O) groups is 1. The Balaban J connectivity index is 1.53. The third-order valence-electron chi connectivity index (χ3n) is 5.62. The van der Waals surface area contributed by atoms with Gasteiger partial charge in [-0.3, -0.25) is 4.79 Å². The van der Waals surface area contributed by atoms with E-state index in [2.05, 4.69) is 33.8 Å². The highest BCUT2D eigenvalue weighted by Gasteiger charge is 2.18. The van der Waals surface area contributed by atoms with E-state index in [1.807, 2.05) is 55.5 Å². The molecule has 0 saturated heterocycles. The van der Waals surface area contributed by atoms with E-state index < -0.39 is 5.91 Å². The van der Waals surface area contributed by atoms with E-state index in [9.17, 15) is 4.79 Å². The number of hydrogen-bond donors (Lipinski definition) is 1. The lowest BCUT2D eigenvalue weighted by Crippen LogP contribution is -2.18. The third kappa shape index (κ3) is 4.83. The summed E-state index contributed by atoms with van der Waals surface area (Å²) in [6.45, 7) is 2.03. The van der Waals surface area contributed by atoms with E-state index >= 15 is 0 Å². The van der Waals surface area contributed by atoms with Crippen molar-refractivity contribution in [1.82, 2.24) is 15.2 Å². The van der Waals surface area contributed by atoms with Gasteiger partial charge in [0.05, 0.1) is 22.6 Å². The van der Waals surface area contributed by atoms with Crippen LogP contribution < -0.4 is 5.43 Å². The lowest BCUT2D eigenvalue weighted by atomic mass is 10.0. The molecule has 4 aromatic carbocycles. The zero-order valence-electron chi connectivity index (χ0n) is 18.7. The molecule has 0 aliphatic heterocycles. The number of aryl methyl sites for hydroxylation is 1. The number of rotatable bonds is 5. The van der Waals surface area contributed by atoms with Crippen LogP contribution in [-0.2, 0) is 0 Å². The molecule has 0 spiro atoms. The average molecular weight is 499 g/mol. The summed E-state index contributed by atoms with van der Waals surface area (Å²) in [5.41, 5.74) is 7.20. The van der Waals surface area contributed by atoms with Crippen LogP contribution in [0.2, 0.25) is 10.0 Å². The van der Waals surface area contributed by atoms with Crippen molar-refractivity contribution in [2.24, 2.45) is 5.10 Å². The van der Waals surface area contributed by atoms with Gasteiger partial charge in [-0.2, -0.15) is 10.2 Å². The van der Waals surface area contributed by atoms with Gasteiger partial charge in [0.15, 0.2) is 5.69 Å².